The zero-order valence-corrected chi connectivity index (χ0v) is 5.50. The van der Waals surface area contributed by atoms with E-state index < -0.39 is 5.60 Å². The molecule has 1 atom stereocenters. The van der Waals surface area contributed by atoms with Gasteiger partial charge < -0.3 is 10.8 Å². The monoisotopic (exact) mass is 139 g/mol. The first-order chi connectivity index (χ1) is 4.58. The molecule has 10 heavy (non-hydrogen) atoms. The van der Waals surface area contributed by atoms with Crippen molar-refractivity contribution in [2.45, 2.75) is 12.0 Å². The first-order valence-corrected chi connectivity index (χ1v) is 2.95. The van der Waals surface area contributed by atoms with Gasteiger partial charge in [0.1, 0.15) is 5.60 Å². The summed E-state index contributed by atoms with van der Waals surface area (Å²) < 4.78 is 0. The van der Waals surface area contributed by atoms with Crippen LogP contribution in [0.25, 0.3) is 0 Å². The Balaban J connectivity index is 2.91. The van der Waals surface area contributed by atoms with Crippen LogP contribution in [0.5, 0.6) is 0 Å². The maximum Gasteiger partial charge on any atom is 0.193 e. The van der Waals surface area contributed by atoms with Crippen molar-refractivity contribution < 1.29 is 9.90 Å². The number of ketones is 1. The average molecular weight is 139 g/mol. The predicted octanol–water partition coefficient (Wildman–Crippen LogP) is -0.281. The molecule has 1 rings (SSSR count). The van der Waals surface area contributed by atoms with E-state index in [2.05, 4.69) is 6.58 Å². The Morgan fingerprint density at radius 1 is 1.90 bits per heavy atom. The molecule has 1 aliphatic rings. The number of carbonyl (C=O) groups is 1. The number of rotatable bonds is 1. The summed E-state index contributed by atoms with van der Waals surface area (Å²) in [4.78, 5) is 10.9. The molecule has 0 aromatic carbocycles. The fourth-order valence-corrected chi connectivity index (χ4v) is 0.915. The summed E-state index contributed by atoms with van der Waals surface area (Å²) in [5.41, 5.74) is 4.29. The zero-order valence-electron chi connectivity index (χ0n) is 5.50. The highest BCUT2D eigenvalue weighted by Gasteiger charge is 2.36. The highest BCUT2D eigenvalue weighted by molar-refractivity contribution is 6.01. The van der Waals surface area contributed by atoms with Gasteiger partial charge in [-0.15, -0.1) is 0 Å². The minimum absolute atomic E-state index is 0.176. The van der Waals surface area contributed by atoms with Gasteiger partial charge in [0, 0.05) is 18.2 Å². The maximum atomic E-state index is 10.9. The topological polar surface area (TPSA) is 63.3 Å². The Hall–Kier alpha value is -1.09. The van der Waals surface area contributed by atoms with Crippen molar-refractivity contribution in [3.05, 3.63) is 24.4 Å². The average Bonchev–Trinajstić information content (AvgIpc) is 2.09. The Morgan fingerprint density at radius 3 is 2.70 bits per heavy atom. The second kappa shape index (κ2) is 1.95. The van der Waals surface area contributed by atoms with Gasteiger partial charge in [0.15, 0.2) is 5.78 Å². The Kier molecular flexibility index (Phi) is 1.37. The molecule has 0 aliphatic heterocycles. The lowest BCUT2D eigenvalue weighted by atomic mass is 10.0. The van der Waals surface area contributed by atoms with Crippen LogP contribution in [0, 0.1) is 0 Å². The van der Waals surface area contributed by atoms with E-state index in [-0.39, 0.29) is 12.2 Å². The summed E-state index contributed by atoms with van der Waals surface area (Å²) in [7, 11) is 0. The largest absolute Gasteiger partial charge is 0.402 e. The molecular weight excluding hydrogens is 130 g/mol. The van der Waals surface area contributed by atoms with Crippen LogP contribution < -0.4 is 5.73 Å². The second-order valence-corrected chi connectivity index (χ2v) is 2.39. The van der Waals surface area contributed by atoms with Gasteiger partial charge in [-0.3, -0.25) is 4.79 Å². The molecule has 3 heteroatoms. The Morgan fingerprint density at radius 2 is 2.50 bits per heavy atom. The lowest BCUT2D eigenvalue weighted by Crippen LogP contribution is -2.31. The Bertz CT molecular complexity index is 220. The number of hydrogen-bond acceptors (Lipinski definition) is 3. The highest BCUT2D eigenvalue weighted by Crippen LogP contribution is 2.23. The zero-order chi connectivity index (χ0) is 7.78. The molecule has 0 aromatic rings. The van der Waals surface area contributed by atoms with Gasteiger partial charge in [0.2, 0.25) is 0 Å². The molecule has 3 nitrogen and oxygen atoms in total. The molecule has 3 N–H and O–H groups in total. The van der Waals surface area contributed by atoms with Crippen molar-refractivity contribution in [1.82, 2.24) is 0 Å². The summed E-state index contributed by atoms with van der Waals surface area (Å²) in [6, 6.07) is 0. The SMILES string of the molecule is C=C[C@]1(O)CC(N)=CC1=O. The number of carbonyl (C=O) groups excluding carboxylic acids is 1. The summed E-state index contributed by atoms with van der Waals surface area (Å²) >= 11 is 0. The van der Waals surface area contributed by atoms with Gasteiger partial charge in [0.05, 0.1) is 0 Å². The first-order valence-electron chi connectivity index (χ1n) is 2.95. The number of hydrogen-bond donors (Lipinski definition) is 2. The van der Waals surface area contributed by atoms with E-state index in [9.17, 15) is 9.90 Å². The van der Waals surface area contributed by atoms with E-state index >= 15 is 0 Å². The lowest BCUT2D eigenvalue weighted by molar-refractivity contribution is -0.126. The molecule has 0 unspecified atom stereocenters. The lowest BCUT2D eigenvalue weighted by Gasteiger charge is -2.13. The molecule has 0 amide bonds. The van der Waals surface area contributed by atoms with Gasteiger partial charge >= 0.3 is 0 Å². The maximum absolute atomic E-state index is 10.9. The first kappa shape index (κ1) is 7.02. The van der Waals surface area contributed by atoms with Gasteiger partial charge in [0.25, 0.3) is 0 Å². The van der Waals surface area contributed by atoms with Crippen LogP contribution >= 0.6 is 0 Å². The van der Waals surface area contributed by atoms with Crippen LogP contribution in [0.4, 0.5) is 0 Å². The second-order valence-electron chi connectivity index (χ2n) is 2.39. The molecule has 1 aliphatic carbocycles. The van der Waals surface area contributed by atoms with Crippen molar-refractivity contribution in [2.24, 2.45) is 5.73 Å². The predicted molar refractivity (Wildman–Crippen MR) is 37.0 cm³/mol. The van der Waals surface area contributed by atoms with Crippen molar-refractivity contribution in [3.63, 3.8) is 0 Å². The minimum atomic E-state index is -1.43. The van der Waals surface area contributed by atoms with E-state index in [0.29, 0.717) is 5.70 Å². The van der Waals surface area contributed by atoms with Crippen LogP contribution in [0.1, 0.15) is 6.42 Å². The molecule has 0 saturated heterocycles. The van der Waals surface area contributed by atoms with Crippen molar-refractivity contribution in [2.75, 3.05) is 0 Å². The molecule has 0 fully saturated rings. The fourth-order valence-electron chi connectivity index (χ4n) is 0.915. The molecule has 0 aromatic heterocycles. The smallest absolute Gasteiger partial charge is 0.193 e. The molecule has 0 saturated carbocycles. The molecule has 54 valence electrons. The third-order valence-electron chi connectivity index (χ3n) is 1.55. The third kappa shape index (κ3) is 0.844. The van der Waals surface area contributed by atoms with Crippen molar-refractivity contribution in [1.29, 1.82) is 0 Å². The molecular formula is C7H9NO2. The summed E-state index contributed by atoms with van der Waals surface area (Å²) in [5, 5.41) is 9.34. The molecule has 0 spiro atoms. The molecule has 0 radical (unpaired) electrons. The van der Waals surface area contributed by atoms with Crippen molar-refractivity contribution in [3.8, 4) is 0 Å². The van der Waals surface area contributed by atoms with Crippen LogP contribution in [0.2, 0.25) is 0 Å². The summed E-state index contributed by atoms with van der Waals surface area (Å²) in [6.07, 6.45) is 2.63. The Labute approximate surface area is 58.8 Å². The quantitative estimate of drug-likeness (QED) is 0.491. The van der Waals surface area contributed by atoms with Gasteiger partial charge in [-0.05, 0) is 0 Å². The fraction of sp³-hybridized carbons (Fsp3) is 0.286. The molecule has 0 bridgehead atoms. The highest BCUT2D eigenvalue weighted by atomic mass is 16.3. The third-order valence-corrected chi connectivity index (χ3v) is 1.55. The normalized spacial score (nSPS) is 32.1. The number of aliphatic hydroxyl groups is 1. The summed E-state index contributed by atoms with van der Waals surface area (Å²) in [6.45, 7) is 3.34. The van der Waals surface area contributed by atoms with Crippen LogP contribution in [0.3, 0.4) is 0 Å². The van der Waals surface area contributed by atoms with Crippen molar-refractivity contribution >= 4 is 5.78 Å². The summed E-state index contributed by atoms with van der Waals surface area (Å²) in [5.74, 6) is -0.375. The van der Waals surface area contributed by atoms with Gasteiger partial charge in [-0.25, -0.2) is 0 Å². The van der Waals surface area contributed by atoms with E-state index in [4.69, 9.17) is 5.73 Å². The van der Waals surface area contributed by atoms with E-state index in [1.807, 2.05) is 0 Å². The van der Waals surface area contributed by atoms with Crippen LogP contribution in [-0.4, -0.2) is 16.5 Å². The number of nitrogens with two attached hydrogens (primary N) is 1. The van der Waals surface area contributed by atoms with E-state index in [0.717, 1.165) is 0 Å². The van der Waals surface area contributed by atoms with Gasteiger partial charge in [-0.1, -0.05) is 12.7 Å². The molecule has 0 heterocycles. The standard InChI is InChI=1S/C7H9NO2/c1-2-7(10)4-5(8)3-6(7)9/h2-3,10H,1,4,8H2/t7-/m0/s1. The minimum Gasteiger partial charge on any atom is -0.402 e. The van der Waals surface area contributed by atoms with E-state index in [1.54, 1.807) is 0 Å². The van der Waals surface area contributed by atoms with Gasteiger partial charge in [-0.2, -0.15) is 0 Å². The van der Waals surface area contributed by atoms with E-state index in [1.165, 1.54) is 12.2 Å². The van der Waals surface area contributed by atoms with Crippen LogP contribution in [-0.2, 0) is 4.79 Å². The van der Waals surface area contributed by atoms with Crippen LogP contribution in [0.15, 0.2) is 24.4 Å².